The van der Waals surface area contributed by atoms with E-state index in [2.05, 4.69) is 15.6 Å². The lowest BCUT2D eigenvalue weighted by Gasteiger charge is -2.22. The van der Waals surface area contributed by atoms with Gasteiger partial charge in [-0.25, -0.2) is 9.37 Å². The molecule has 1 amide bonds. The fourth-order valence-corrected chi connectivity index (χ4v) is 2.72. The van der Waals surface area contributed by atoms with E-state index in [0.29, 0.717) is 30.4 Å². The maximum Gasteiger partial charge on any atom is 0.255 e. The van der Waals surface area contributed by atoms with Crippen LogP contribution in [-0.4, -0.2) is 24.0 Å². The summed E-state index contributed by atoms with van der Waals surface area (Å²) in [7, 11) is 0. The highest BCUT2D eigenvalue weighted by molar-refractivity contribution is 5.98. The van der Waals surface area contributed by atoms with E-state index < -0.39 is 5.82 Å². The van der Waals surface area contributed by atoms with Gasteiger partial charge >= 0.3 is 0 Å². The first-order valence-corrected chi connectivity index (χ1v) is 7.88. The summed E-state index contributed by atoms with van der Waals surface area (Å²) in [5, 5.41) is 6.00. The molecule has 0 atom stereocenters. The van der Waals surface area contributed by atoms with Gasteiger partial charge in [-0.05, 0) is 31.2 Å². The van der Waals surface area contributed by atoms with Crippen LogP contribution in [0.5, 0.6) is 0 Å². The van der Waals surface area contributed by atoms with Gasteiger partial charge in [0.05, 0.1) is 11.8 Å². The number of rotatable bonds is 6. The number of anilines is 1. The number of hydrogen-bond donors (Lipinski definition) is 2. The van der Waals surface area contributed by atoms with Crippen molar-refractivity contribution in [1.82, 2.24) is 10.3 Å². The Morgan fingerprint density at radius 1 is 1.38 bits per heavy atom. The average molecular weight is 293 g/mol. The van der Waals surface area contributed by atoms with Crippen molar-refractivity contribution in [2.45, 2.75) is 45.4 Å². The molecule has 1 aromatic rings. The Kier molecular flexibility index (Phi) is 5.96. The molecule has 1 saturated carbocycles. The number of halogens is 1. The molecule has 0 radical (unpaired) electrons. The first kappa shape index (κ1) is 15.7. The highest BCUT2D eigenvalue weighted by Gasteiger charge is 2.17. The lowest BCUT2D eigenvalue weighted by atomic mass is 9.89. The molecule has 0 spiro atoms. The van der Waals surface area contributed by atoms with Crippen molar-refractivity contribution in [3.8, 4) is 0 Å². The molecular weight excluding hydrogens is 269 g/mol. The summed E-state index contributed by atoms with van der Waals surface area (Å²) in [6, 6.07) is 1.25. The molecule has 5 heteroatoms. The molecule has 0 saturated heterocycles. The van der Waals surface area contributed by atoms with E-state index in [1.54, 1.807) is 0 Å². The van der Waals surface area contributed by atoms with Crippen LogP contribution in [0.4, 0.5) is 10.2 Å². The van der Waals surface area contributed by atoms with Crippen molar-refractivity contribution in [3.05, 3.63) is 23.6 Å². The van der Waals surface area contributed by atoms with Crippen LogP contribution >= 0.6 is 0 Å². The van der Waals surface area contributed by atoms with E-state index in [4.69, 9.17) is 0 Å². The zero-order valence-electron chi connectivity index (χ0n) is 12.6. The quantitative estimate of drug-likeness (QED) is 0.845. The van der Waals surface area contributed by atoms with E-state index in [9.17, 15) is 9.18 Å². The molecule has 1 aliphatic carbocycles. The Morgan fingerprint density at radius 3 is 2.86 bits per heavy atom. The van der Waals surface area contributed by atoms with Gasteiger partial charge in [0.1, 0.15) is 11.6 Å². The predicted molar refractivity (Wildman–Crippen MR) is 81.9 cm³/mol. The fraction of sp³-hybridized carbons (Fsp3) is 0.625. The molecule has 1 heterocycles. The van der Waals surface area contributed by atoms with Crippen LogP contribution in [-0.2, 0) is 0 Å². The minimum absolute atomic E-state index is 0.244. The largest absolute Gasteiger partial charge is 0.369 e. The fourth-order valence-electron chi connectivity index (χ4n) is 2.72. The second-order valence-corrected chi connectivity index (χ2v) is 5.69. The van der Waals surface area contributed by atoms with Crippen molar-refractivity contribution in [1.29, 1.82) is 0 Å². The molecule has 4 nitrogen and oxygen atoms in total. The number of carbonyl (C=O) groups excluding carboxylic acids is 1. The highest BCUT2D eigenvalue weighted by atomic mass is 19.1. The van der Waals surface area contributed by atoms with Crippen LogP contribution in [0.15, 0.2) is 12.3 Å². The number of carbonyl (C=O) groups is 1. The van der Waals surface area contributed by atoms with E-state index in [1.807, 2.05) is 6.92 Å². The topological polar surface area (TPSA) is 54.0 Å². The van der Waals surface area contributed by atoms with E-state index >= 15 is 0 Å². The molecule has 2 N–H and O–H groups in total. The summed E-state index contributed by atoms with van der Waals surface area (Å²) in [4.78, 5) is 16.3. The number of aromatic nitrogens is 1. The summed E-state index contributed by atoms with van der Waals surface area (Å²) in [6.07, 6.45) is 8.17. The zero-order valence-corrected chi connectivity index (χ0v) is 12.6. The molecule has 1 fully saturated rings. The molecule has 0 bridgehead atoms. The molecule has 0 unspecified atom stereocenters. The lowest BCUT2D eigenvalue weighted by molar-refractivity contribution is 0.0943. The van der Waals surface area contributed by atoms with Crippen LogP contribution < -0.4 is 10.6 Å². The van der Waals surface area contributed by atoms with Crippen molar-refractivity contribution in [3.63, 3.8) is 0 Å². The molecule has 1 aliphatic rings. The second kappa shape index (κ2) is 7.96. The van der Waals surface area contributed by atoms with Gasteiger partial charge in [-0.15, -0.1) is 0 Å². The Bertz CT molecular complexity index is 473. The lowest BCUT2D eigenvalue weighted by Crippen LogP contribution is -2.31. The summed E-state index contributed by atoms with van der Waals surface area (Å²) in [6.45, 7) is 3.41. The molecule has 116 valence electrons. The Balaban J connectivity index is 1.97. The highest BCUT2D eigenvalue weighted by Crippen LogP contribution is 2.23. The summed E-state index contributed by atoms with van der Waals surface area (Å²) < 4.78 is 13.4. The third kappa shape index (κ3) is 4.69. The van der Waals surface area contributed by atoms with E-state index in [-0.39, 0.29) is 5.91 Å². The van der Waals surface area contributed by atoms with Gasteiger partial charge in [-0.1, -0.05) is 26.2 Å². The maximum absolute atomic E-state index is 13.4. The predicted octanol–water partition coefficient (Wildman–Crippen LogP) is 3.35. The van der Waals surface area contributed by atoms with Crippen molar-refractivity contribution in [2.75, 3.05) is 18.4 Å². The van der Waals surface area contributed by atoms with E-state index in [1.165, 1.54) is 38.2 Å². The van der Waals surface area contributed by atoms with Gasteiger partial charge in [0.2, 0.25) is 0 Å². The van der Waals surface area contributed by atoms with Gasteiger partial charge in [-0.2, -0.15) is 0 Å². The summed E-state index contributed by atoms with van der Waals surface area (Å²) >= 11 is 0. The first-order chi connectivity index (χ1) is 10.2. The number of nitrogens with zero attached hydrogens (tertiary/aromatic N) is 1. The monoisotopic (exact) mass is 293 g/mol. The van der Waals surface area contributed by atoms with Crippen LogP contribution in [0.3, 0.4) is 0 Å². The van der Waals surface area contributed by atoms with Gasteiger partial charge in [0, 0.05) is 13.1 Å². The third-order valence-electron chi connectivity index (χ3n) is 3.92. The first-order valence-electron chi connectivity index (χ1n) is 7.88. The Morgan fingerprint density at radius 2 is 2.14 bits per heavy atom. The molecule has 0 aliphatic heterocycles. The minimum Gasteiger partial charge on any atom is -0.369 e. The molecular formula is C16H24FN3O. The van der Waals surface area contributed by atoms with Crippen molar-refractivity contribution in [2.24, 2.45) is 5.92 Å². The smallest absolute Gasteiger partial charge is 0.255 e. The maximum atomic E-state index is 13.4. The number of amides is 1. The molecule has 2 rings (SSSR count). The van der Waals surface area contributed by atoms with Gasteiger partial charge in [-0.3, -0.25) is 4.79 Å². The summed E-state index contributed by atoms with van der Waals surface area (Å²) in [5.74, 6) is 0.279. The van der Waals surface area contributed by atoms with Crippen molar-refractivity contribution >= 4 is 11.7 Å². The molecule has 0 aromatic carbocycles. The Hall–Kier alpha value is -1.65. The number of hydrogen-bond acceptors (Lipinski definition) is 3. The van der Waals surface area contributed by atoms with Crippen LogP contribution in [0, 0.1) is 11.7 Å². The van der Waals surface area contributed by atoms with Crippen LogP contribution in [0.1, 0.15) is 55.8 Å². The van der Waals surface area contributed by atoms with Gasteiger partial charge in [0.15, 0.2) is 0 Å². The third-order valence-corrected chi connectivity index (χ3v) is 3.92. The minimum atomic E-state index is -0.486. The zero-order chi connectivity index (χ0) is 15.1. The number of pyridine rings is 1. The van der Waals surface area contributed by atoms with Crippen LogP contribution in [0.25, 0.3) is 0 Å². The van der Waals surface area contributed by atoms with Gasteiger partial charge < -0.3 is 10.6 Å². The van der Waals surface area contributed by atoms with E-state index in [0.717, 1.165) is 12.6 Å². The molecule has 1 aromatic heterocycles. The number of nitrogens with one attached hydrogen (secondary N) is 2. The normalized spacial score (nSPS) is 15.7. The SMILES string of the molecule is CCCNc1ncc(F)cc1C(=O)NCC1CCCCC1. The Labute approximate surface area is 125 Å². The van der Waals surface area contributed by atoms with Crippen LogP contribution in [0.2, 0.25) is 0 Å². The average Bonchev–Trinajstić information content (AvgIpc) is 2.52. The second-order valence-electron chi connectivity index (χ2n) is 5.69. The van der Waals surface area contributed by atoms with Crippen molar-refractivity contribution < 1.29 is 9.18 Å². The van der Waals surface area contributed by atoms with Gasteiger partial charge in [0.25, 0.3) is 5.91 Å². The standard InChI is InChI=1S/C16H24FN3O/c1-2-8-18-15-14(9-13(17)11-19-15)16(21)20-10-12-6-4-3-5-7-12/h9,11-12H,2-8,10H2,1H3,(H,18,19)(H,20,21). The molecule has 21 heavy (non-hydrogen) atoms. The summed E-state index contributed by atoms with van der Waals surface area (Å²) in [5.41, 5.74) is 0.291.